The van der Waals surface area contributed by atoms with Gasteiger partial charge in [0.05, 0.1) is 17.0 Å². The number of rotatable bonds is 1. The molecule has 0 saturated heterocycles. The quantitative estimate of drug-likeness (QED) is 0.432. The maximum atomic E-state index is 3.84. The van der Waals surface area contributed by atoms with Crippen molar-refractivity contribution in [2.75, 3.05) is 11.4 Å². The zero-order valence-electron chi connectivity index (χ0n) is 15.5. The predicted molar refractivity (Wildman–Crippen MR) is 115 cm³/mol. The van der Waals surface area contributed by atoms with Crippen molar-refractivity contribution in [3.8, 4) is 0 Å². The number of likely N-dealkylation sites (N-methyl/N-ethyl adjacent to an activating group) is 1. The van der Waals surface area contributed by atoms with Crippen LogP contribution in [0.25, 0.3) is 0 Å². The highest BCUT2D eigenvalue weighted by Gasteiger charge is 2.42. The van der Waals surface area contributed by atoms with Gasteiger partial charge in [-0.25, -0.2) is 0 Å². The average Bonchev–Trinajstić information content (AvgIpc) is 2.59. The van der Waals surface area contributed by atoms with Crippen molar-refractivity contribution in [3.63, 3.8) is 0 Å². The number of thioether (sulfide) groups is 1. The number of halogens is 2. The highest BCUT2D eigenvalue weighted by Crippen LogP contribution is 2.54. The normalized spacial score (nSPS) is 23.6. The number of hydrogen-bond donors (Lipinski definition) is 0. The van der Waals surface area contributed by atoms with Crippen LogP contribution in [-0.4, -0.2) is 17.8 Å². The Morgan fingerprint density at radius 3 is 2.12 bits per heavy atom. The second-order valence-corrected chi connectivity index (χ2v) is 9.68. The predicted octanol–water partition coefficient (Wildman–Crippen LogP) is 7.06. The van der Waals surface area contributed by atoms with Gasteiger partial charge in [0, 0.05) is 20.4 Å². The van der Waals surface area contributed by atoms with Gasteiger partial charge in [-0.05, 0) is 81.9 Å². The summed E-state index contributed by atoms with van der Waals surface area (Å²) in [5.41, 5.74) is 9.96. The Hall–Kier alpha value is -0.190. The van der Waals surface area contributed by atoms with Gasteiger partial charge >= 0.3 is 0 Å². The van der Waals surface area contributed by atoms with E-state index in [-0.39, 0.29) is 0 Å². The molecule has 0 N–H and O–H groups in total. The van der Waals surface area contributed by atoms with Gasteiger partial charge in [-0.15, -0.1) is 11.8 Å². The van der Waals surface area contributed by atoms with E-state index in [1.165, 1.54) is 52.9 Å². The molecule has 2 aliphatic rings. The fourth-order valence-corrected chi connectivity index (χ4v) is 7.04. The van der Waals surface area contributed by atoms with Crippen LogP contribution in [-0.2, 0) is 0 Å². The van der Waals surface area contributed by atoms with E-state index in [9.17, 15) is 0 Å². The van der Waals surface area contributed by atoms with Gasteiger partial charge in [0.1, 0.15) is 0 Å². The highest BCUT2D eigenvalue weighted by atomic mass is 79.9. The first-order valence-corrected chi connectivity index (χ1v) is 10.9. The molecule has 24 heavy (non-hydrogen) atoms. The van der Waals surface area contributed by atoms with E-state index in [4.69, 9.17) is 0 Å². The van der Waals surface area contributed by atoms with Crippen LogP contribution in [0.2, 0.25) is 0 Å². The Labute approximate surface area is 167 Å². The van der Waals surface area contributed by atoms with Crippen LogP contribution in [0.4, 0.5) is 5.69 Å². The van der Waals surface area contributed by atoms with Gasteiger partial charge in [0.2, 0.25) is 0 Å². The second-order valence-electron chi connectivity index (χ2n) is 6.94. The lowest BCUT2D eigenvalue weighted by Gasteiger charge is -2.48. The minimum atomic E-state index is 0.451. The summed E-state index contributed by atoms with van der Waals surface area (Å²) in [6, 6.07) is 0.451. The molecule has 0 spiro atoms. The molecule has 1 aliphatic heterocycles. The third-order valence-electron chi connectivity index (χ3n) is 5.76. The lowest BCUT2D eigenvalue weighted by molar-refractivity contribution is 0.642. The van der Waals surface area contributed by atoms with Crippen molar-refractivity contribution < 1.29 is 0 Å². The first-order chi connectivity index (χ1) is 11.2. The Morgan fingerprint density at radius 1 is 0.917 bits per heavy atom. The fourth-order valence-electron chi connectivity index (χ4n) is 4.01. The van der Waals surface area contributed by atoms with E-state index in [2.05, 4.69) is 85.2 Å². The largest absolute Gasteiger partial charge is 0.362 e. The molecule has 1 aliphatic carbocycles. The number of nitrogens with zero attached hydrogens (tertiary/aromatic N) is 1. The van der Waals surface area contributed by atoms with E-state index in [0.29, 0.717) is 11.3 Å². The molecule has 3 rings (SSSR count). The van der Waals surface area contributed by atoms with Crippen LogP contribution in [0.3, 0.4) is 0 Å². The molecule has 1 nitrogen and oxygen atoms in total. The van der Waals surface area contributed by atoms with E-state index >= 15 is 0 Å². The summed E-state index contributed by atoms with van der Waals surface area (Å²) >= 11 is 9.72. The van der Waals surface area contributed by atoms with Crippen molar-refractivity contribution in [1.29, 1.82) is 0 Å². The molecule has 0 amide bonds. The minimum absolute atomic E-state index is 0.451. The van der Waals surface area contributed by atoms with E-state index in [1.54, 1.807) is 0 Å². The molecule has 0 bridgehead atoms. The van der Waals surface area contributed by atoms with E-state index < -0.39 is 0 Å². The van der Waals surface area contributed by atoms with Crippen LogP contribution < -0.4 is 4.90 Å². The van der Waals surface area contributed by atoms with E-state index in [0.717, 1.165) is 6.54 Å². The number of hydrogen-bond acceptors (Lipinski definition) is 2. The van der Waals surface area contributed by atoms with Gasteiger partial charge in [0.15, 0.2) is 0 Å². The SMILES string of the molecule is CCN1c2c(C)c(C)c(Br)c(C)c2SC2C(C)=C(Br)C(C)=C(C)C21. The summed E-state index contributed by atoms with van der Waals surface area (Å²) in [6.07, 6.45) is 0. The molecule has 0 radical (unpaired) electrons. The van der Waals surface area contributed by atoms with Crippen molar-refractivity contribution >= 4 is 49.3 Å². The smallest absolute Gasteiger partial charge is 0.0666 e. The molecule has 0 aromatic heterocycles. The molecule has 1 heterocycles. The molecule has 130 valence electrons. The summed E-state index contributed by atoms with van der Waals surface area (Å²) in [4.78, 5) is 4.08. The first-order valence-electron chi connectivity index (χ1n) is 8.48. The van der Waals surface area contributed by atoms with Gasteiger partial charge in [-0.2, -0.15) is 0 Å². The molecule has 0 fully saturated rings. The van der Waals surface area contributed by atoms with Crippen molar-refractivity contribution in [2.45, 2.75) is 64.7 Å². The Bertz CT molecular complexity index is 792. The summed E-state index contributed by atoms with van der Waals surface area (Å²) < 4.78 is 2.56. The third-order valence-corrected chi connectivity index (χ3v) is 9.77. The molecule has 2 atom stereocenters. The lowest BCUT2D eigenvalue weighted by Crippen LogP contribution is -2.48. The number of fused-ring (bicyclic) bond motifs is 2. The minimum Gasteiger partial charge on any atom is -0.362 e. The summed E-state index contributed by atoms with van der Waals surface area (Å²) in [6.45, 7) is 16.9. The summed E-state index contributed by atoms with van der Waals surface area (Å²) in [5.74, 6) is 0. The van der Waals surface area contributed by atoms with Crippen LogP contribution in [0.15, 0.2) is 30.6 Å². The van der Waals surface area contributed by atoms with Crippen molar-refractivity contribution in [2.24, 2.45) is 0 Å². The zero-order chi connectivity index (χ0) is 17.9. The van der Waals surface area contributed by atoms with Crippen molar-refractivity contribution in [3.05, 3.63) is 42.4 Å². The fraction of sp³-hybridized carbons (Fsp3) is 0.500. The maximum Gasteiger partial charge on any atom is 0.0666 e. The Morgan fingerprint density at radius 2 is 1.54 bits per heavy atom. The zero-order valence-corrected chi connectivity index (χ0v) is 19.5. The molecular formula is C20H25Br2NS. The second kappa shape index (κ2) is 6.51. The van der Waals surface area contributed by atoms with Crippen LogP contribution in [0.1, 0.15) is 44.4 Å². The van der Waals surface area contributed by atoms with Crippen molar-refractivity contribution in [1.82, 2.24) is 0 Å². The van der Waals surface area contributed by atoms with Crippen LogP contribution in [0.5, 0.6) is 0 Å². The number of benzene rings is 1. The monoisotopic (exact) mass is 469 g/mol. The molecule has 4 heteroatoms. The number of anilines is 1. The average molecular weight is 471 g/mol. The lowest BCUT2D eigenvalue weighted by atomic mass is 9.87. The van der Waals surface area contributed by atoms with Gasteiger partial charge in [-0.3, -0.25) is 0 Å². The van der Waals surface area contributed by atoms with Gasteiger partial charge in [-0.1, -0.05) is 31.9 Å². The summed E-state index contributed by atoms with van der Waals surface area (Å²) in [5, 5.41) is 0.475. The van der Waals surface area contributed by atoms with Gasteiger partial charge < -0.3 is 4.90 Å². The maximum absolute atomic E-state index is 3.84. The third kappa shape index (κ3) is 2.47. The first kappa shape index (κ1) is 18.6. The standard InChI is InChI=1S/C20H25Br2NS/c1-8-23-17-11(4)9(2)15(21)13(6)19(17)24-20-14(7)16(22)10(3)12(5)18(20)23/h17,19H,8H2,1-7H3. The number of allylic oxidation sites excluding steroid dienone is 2. The Balaban J connectivity index is 2.31. The summed E-state index contributed by atoms with van der Waals surface area (Å²) in [7, 11) is 0. The van der Waals surface area contributed by atoms with Crippen LogP contribution >= 0.6 is 43.6 Å². The van der Waals surface area contributed by atoms with E-state index in [1.807, 2.05) is 11.8 Å². The van der Waals surface area contributed by atoms with Crippen LogP contribution in [0, 0.1) is 20.8 Å². The highest BCUT2D eigenvalue weighted by molar-refractivity contribution is 9.12. The molecule has 0 saturated carbocycles. The topological polar surface area (TPSA) is 3.24 Å². The molecule has 2 unspecified atom stereocenters. The van der Waals surface area contributed by atoms with Gasteiger partial charge in [0.25, 0.3) is 0 Å². The molecular weight excluding hydrogens is 446 g/mol. The molecule has 1 aromatic rings. The molecule has 1 aromatic carbocycles. The Kier molecular flexibility index (Phi) is 5.05.